The van der Waals surface area contributed by atoms with Crippen molar-refractivity contribution in [2.24, 2.45) is 4.99 Å². The molecule has 140 valence electrons. The molecule has 0 atom stereocenters. The van der Waals surface area contributed by atoms with Gasteiger partial charge in [0.15, 0.2) is 5.96 Å². The lowest BCUT2D eigenvalue weighted by Gasteiger charge is -2.13. The van der Waals surface area contributed by atoms with E-state index in [1.165, 1.54) is 16.7 Å². The average Bonchev–Trinajstić information content (AvgIpc) is 2.63. The molecule has 0 spiro atoms. The fourth-order valence-electron chi connectivity index (χ4n) is 2.51. The number of benzene rings is 2. The van der Waals surface area contributed by atoms with Crippen molar-refractivity contribution in [3.63, 3.8) is 0 Å². The Morgan fingerprint density at radius 3 is 2.23 bits per heavy atom. The second kappa shape index (κ2) is 10.5. The summed E-state index contributed by atoms with van der Waals surface area (Å²) in [5, 5.41) is 6.59. The summed E-state index contributed by atoms with van der Waals surface area (Å²) in [4.78, 5) is 6.41. The third-order valence-corrected chi connectivity index (χ3v) is 3.89. The van der Waals surface area contributed by atoms with Crippen molar-refractivity contribution in [3.8, 4) is 5.75 Å². The molecule has 0 fully saturated rings. The minimum Gasteiger partial charge on any atom is -0.492 e. The molecule has 2 rings (SSSR count). The van der Waals surface area contributed by atoms with Gasteiger partial charge in [0.05, 0.1) is 6.54 Å². The van der Waals surface area contributed by atoms with E-state index in [1.54, 1.807) is 7.05 Å². The Bertz CT molecular complexity index is 678. The molecule has 0 saturated heterocycles. The first-order valence-corrected chi connectivity index (χ1v) is 8.93. The molecular weight excluding hydrogens is 324 g/mol. The van der Waals surface area contributed by atoms with Crippen LogP contribution in [0.15, 0.2) is 53.5 Å². The second-order valence-corrected chi connectivity index (χ2v) is 6.57. The summed E-state index contributed by atoms with van der Waals surface area (Å²) in [6, 6.07) is 16.7. The van der Waals surface area contributed by atoms with Crippen LogP contribution in [0.2, 0.25) is 0 Å². The highest BCUT2D eigenvalue weighted by molar-refractivity contribution is 5.79. The summed E-state index contributed by atoms with van der Waals surface area (Å²) in [7, 11) is 5.93. The lowest BCUT2D eigenvalue weighted by molar-refractivity contribution is 0.322. The summed E-state index contributed by atoms with van der Waals surface area (Å²) in [6.07, 6.45) is 0. The zero-order valence-electron chi connectivity index (χ0n) is 16.2. The Labute approximate surface area is 157 Å². The number of nitrogens with zero attached hydrogens (tertiary/aromatic N) is 2. The molecule has 5 heteroatoms. The third-order valence-electron chi connectivity index (χ3n) is 3.89. The van der Waals surface area contributed by atoms with Crippen LogP contribution in [0.1, 0.15) is 16.7 Å². The van der Waals surface area contributed by atoms with Crippen molar-refractivity contribution in [1.82, 2.24) is 15.5 Å². The Hall–Kier alpha value is -2.53. The summed E-state index contributed by atoms with van der Waals surface area (Å²) in [5.74, 6) is 1.66. The largest absolute Gasteiger partial charge is 0.492 e. The Morgan fingerprint density at radius 2 is 1.62 bits per heavy atom. The third kappa shape index (κ3) is 7.15. The maximum atomic E-state index is 5.71. The van der Waals surface area contributed by atoms with Crippen LogP contribution < -0.4 is 15.4 Å². The number of rotatable bonds is 8. The predicted molar refractivity (Wildman–Crippen MR) is 109 cm³/mol. The molecule has 0 aliphatic heterocycles. The first kappa shape index (κ1) is 19.8. The molecule has 5 nitrogen and oxygen atoms in total. The molecule has 0 amide bonds. The van der Waals surface area contributed by atoms with Crippen LogP contribution in [-0.4, -0.2) is 45.2 Å². The van der Waals surface area contributed by atoms with Crippen molar-refractivity contribution in [1.29, 1.82) is 0 Å². The van der Waals surface area contributed by atoms with Crippen molar-refractivity contribution in [2.75, 3.05) is 34.3 Å². The van der Waals surface area contributed by atoms with Gasteiger partial charge in [-0.15, -0.1) is 0 Å². The van der Waals surface area contributed by atoms with E-state index in [2.05, 4.69) is 65.8 Å². The van der Waals surface area contributed by atoms with Crippen LogP contribution >= 0.6 is 0 Å². The van der Waals surface area contributed by atoms with E-state index >= 15 is 0 Å². The number of ether oxygens (including phenoxy) is 1. The van der Waals surface area contributed by atoms with Gasteiger partial charge in [-0.3, -0.25) is 4.99 Å². The van der Waals surface area contributed by atoms with E-state index in [0.717, 1.165) is 24.8 Å². The number of hydrogen-bond donors (Lipinski definition) is 2. The normalized spacial score (nSPS) is 11.5. The van der Waals surface area contributed by atoms with E-state index in [9.17, 15) is 0 Å². The fourth-order valence-corrected chi connectivity index (χ4v) is 2.51. The minimum absolute atomic E-state index is 0.586. The summed E-state index contributed by atoms with van der Waals surface area (Å²) in [5.41, 5.74) is 3.77. The van der Waals surface area contributed by atoms with Crippen LogP contribution in [0, 0.1) is 6.92 Å². The lowest BCUT2D eigenvalue weighted by atomic mass is 10.1. The molecule has 2 N–H and O–H groups in total. The van der Waals surface area contributed by atoms with Crippen molar-refractivity contribution in [2.45, 2.75) is 20.0 Å². The van der Waals surface area contributed by atoms with Gasteiger partial charge >= 0.3 is 0 Å². The number of nitrogens with one attached hydrogen (secondary N) is 2. The number of aliphatic imine (C=N–C) groups is 1. The molecule has 26 heavy (non-hydrogen) atoms. The minimum atomic E-state index is 0.586. The van der Waals surface area contributed by atoms with Crippen molar-refractivity contribution < 1.29 is 4.74 Å². The summed E-state index contributed by atoms with van der Waals surface area (Å²) in [6.45, 7) is 5.04. The Balaban J connectivity index is 1.69. The molecule has 0 bridgehead atoms. The summed E-state index contributed by atoms with van der Waals surface area (Å²) < 4.78 is 5.71. The van der Waals surface area contributed by atoms with Gasteiger partial charge in [-0.05, 0) is 44.3 Å². The van der Waals surface area contributed by atoms with E-state index in [-0.39, 0.29) is 0 Å². The molecule has 0 heterocycles. The van der Waals surface area contributed by atoms with Crippen LogP contribution in [0.25, 0.3) is 0 Å². The van der Waals surface area contributed by atoms with E-state index in [0.29, 0.717) is 13.2 Å². The van der Waals surface area contributed by atoms with E-state index in [1.807, 2.05) is 24.3 Å². The van der Waals surface area contributed by atoms with Crippen LogP contribution in [0.3, 0.4) is 0 Å². The van der Waals surface area contributed by atoms with Gasteiger partial charge in [0.25, 0.3) is 0 Å². The highest BCUT2D eigenvalue weighted by atomic mass is 16.5. The molecule has 0 unspecified atom stereocenters. The standard InChI is InChI=1S/C21H30N4O/c1-17-5-11-20(12-6-17)26-14-13-23-21(22-2)24-15-18-7-9-19(10-8-18)16-25(3)4/h5-12H,13-16H2,1-4H3,(H2,22,23,24). The molecule has 0 radical (unpaired) electrons. The first-order chi connectivity index (χ1) is 12.6. The van der Waals surface area contributed by atoms with E-state index < -0.39 is 0 Å². The van der Waals surface area contributed by atoms with Crippen molar-refractivity contribution >= 4 is 5.96 Å². The van der Waals surface area contributed by atoms with Gasteiger partial charge in [0.2, 0.25) is 0 Å². The molecule has 0 saturated carbocycles. The first-order valence-electron chi connectivity index (χ1n) is 8.93. The molecular formula is C21H30N4O. The maximum Gasteiger partial charge on any atom is 0.191 e. The monoisotopic (exact) mass is 354 g/mol. The lowest BCUT2D eigenvalue weighted by Crippen LogP contribution is -2.38. The van der Waals surface area contributed by atoms with Crippen LogP contribution in [0.5, 0.6) is 5.75 Å². The number of aryl methyl sites for hydroxylation is 1. The second-order valence-electron chi connectivity index (χ2n) is 6.57. The molecule has 0 aliphatic carbocycles. The Morgan fingerprint density at radius 1 is 0.962 bits per heavy atom. The SMILES string of the molecule is CN=C(NCCOc1ccc(C)cc1)NCc1ccc(CN(C)C)cc1. The van der Waals surface area contributed by atoms with Crippen LogP contribution in [0.4, 0.5) is 0 Å². The fraction of sp³-hybridized carbons (Fsp3) is 0.381. The smallest absolute Gasteiger partial charge is 0.191 e. The predicted octanol–water partition coefficient (Wildman–Crippen LogP) is 2.80. The zero-order valence-corrected chi connectivity index (χ0v) is 16.2. The van der Waals surface area contributed by atoms with Gasteiger partial charge in [-0.25, -0.2) is 0 Å². The van der Waals surface area contributed by atoms with Gasteiger partial charge < -0.3 is 20.3 Å². The van der Waals surface area contributed by atoms with Crippen LogP contribution in [-0.2, 0) is 13.1 Å². The number of hydrogen-bond acceptors (Lipinski definition) is 3. The van der Waals surface area contributed by atoms with E-state index in [4.69, 9.17) is 4.74 Å². The van der Waals surface area contributed by atoms with Gasteiger partial charge in [-0.2, -0.15) is 0 Å². The zero-order chi connectivity index (χ0) is 18.8. The van der Waals surface area contributed by atoms with Gasteiger partial charge in [0, 0.05) is 20.1 Å². The highest BCUT2D eigenvalue weighted by Gasteiger charge is 2.00. The Kier molecular flexibility index (Phi) is 7.96. The van der Waals surface area contributed by atoms with Gasteiger partial charge in [0.1, 0.15) is 12.4 Å². The summed E-state index contributed by atoms with van der Waals surface area (Å²) >= 11 is 0. The topological polar surface area (TPSA) is 48.9 Å². The highest BCUT2D eigenvalue weighted by Crippen LogP contribution is 2.10. The molecule has 2 aromatic rings. The number of guanidine groups is 1. The van der Waals surface area contributed by atoms with Crippen molar-refractivity contribution in [3.05, 3.63) is 65.2 Å². The van der Waals surface area contributed by atoms with Gasteiger partial charge in [-0.1, -0.05) is 42.0 Å². The maximum absolute atomic E-state index is 5.71. The molecule has 2 aromatic carbocycles. The molecule has 0 aromatic heterocycles. The quantitative estimate of drug-likeness (QED) is 0.435. The average molecular weight is 354 g/mol. The molecule has 0 aliphatic rings.